The van der Waals surface area contributed by atoms with Gasteiger partial charge in [0.05, 0.1) is 17.8 Å². The maximum Gasteiger partial charge on any atom is 0.229 e. The molecule has 1 fully saturated rings. The minimum Gasteiger partial charge on any atom is -0.323 e. The van der Waals surface area contributed by atoms with E-state index in [2.05, 4.69) is 22.7 Å². The van der Waals surface area contributed by atoms with Gasteiger partial charge in [-0.05, 0) is 19.4 Å². The van der Waals surface area contributed by atoms with Gasteiger partial charge >= 0.3 is 0 Å². The van der Waals surface area contributed by atoms with Gasteiger partial charge in [-0.25, -0.2) is 0 Å². The van der Waals surface area contributed by atoms with Gasteiger partial charge in [-0.2, -0.15) is 5.10 Å². The van der Waals surface area contributed by atoms with E-state index >= 15 is 0 Å². The highest BCUT2D eigenvalue weighted by Crippen LogP contribution is 2.18. The summed E-state index contributed by atoms with van der Waals surface area (Å²) < 4.78 is 1.80. The fraction of sp³-hybridized carbons (Fsp3) is 0.636. The van der Waals surface area contributed by atoms with Crippen LogP contribution in [0.25, 0.3) is 0 Å². The molecule has 1 aliphatic rings. The Morgan fingerprint density at radius 2 is 2.50 bits per heavy atom. The number of carbonyl (C=O) groups excluding carboxylic acids is 1. The lowest BCUT2D eigenvalue weighted by molar-refractivity contribution is -0.120. The highest BCUT2D eigenvalue weighted by molar-refractivity contribution is 5.92. The number of carbonyl (C=O) groups is 1. The molecule has 88 valence electrons. The summed E-state index contributed by atoms with van der Waals surface area (Å²) in [6.07, 6.45) is 3.54. The van der Waals surface area contributed by atoms with E-state index in [-0.39, 0.29) is 11.8 Å². The lowest BCUT2D eigenvalue weighted by Gasteiger charge is -2.12. The minimum atomic E-state index is 0.0741. The SMILES string of the molecule is CCn1cc(NC(=O)C2CNCC2C)cn1. The topological polar surface area (TPSA) is 59.0 Å². The third kappa shape index (κ3) is 2.24. The number of rotatable bonds is 3. The molecule has 2 rings (SSSR count). The van der Waals surface area contributed by atoms with E-state index in [1.807, 2.05) is 13.1 Å². The molecule has 5 heteroatoms. The van der Waals surface area contributed by atoms with Crippen LogP contribution in [0.3, 0.4) is 0 Å². The average molecular weight is 222 g/mol. The first-order chi connectivity index (χ1) is 7.70. The van der Waals surface area contributed by atoms with Crippen molar-refractivity contribution in [3.8, 4) is 0 Å². The van der Waals surface area contributed by atoms with Crippen LogP contribution in [0.1, 0.15) is 13.8 Å². The monoisotopic (exact) mass is 222 g/mol. The normalized spacial score (nSPS) is 24.6. The molecule has 16 heavy (non-hydrogen) atoms. The average Bonchev–Trinajstić information content (AvgIpc) is 2.86. The maximum atomic E-state index is 11.9. The summed E-state index contributed by atoms with van der Waals surface area (Å²) >= 11 is 0. The Balaban J connectivity index is 1.96. The molecule has 1 aliphatic heterocycles. The Kier molecular flexibility index (Phi) is 3.24. The van der Waals surface area contributed by atoms with Crippen molar-refractivity contribution >= 4 is 11.6 Å². The molecule has 1 aromatic rings. The van der Waals surface area contributed by atoms with Gasteiger partial charge in [-0.3, -0.25) is 9.48 Å². The van der Waals surface area contributed by atoms with Gasteiger partial charge in [-0.15, -0.1) is 0 Å². The van der Waals surface area contributed by atoms with E-state index in [0.717, 1.165) is 25.3 Å². The summed E-state index contributed by atoms with van der Waals surface area (Å²) in [7, 11) is 0. The first kappa shape index (κ1) is 11.1. The quantitative estimate of drug-likeness (QED) is 0.791. The Hall–Kier alpha value is -1.36. The van der Waals surface area contributed by atoms with Crippen molar-refractivity contribution in [1.82, 2.24) is 15.1 Å². The summed E-state index contributed by atoms with van der Waals surface area (Å²) in [5.41, 5.74) is 0.783. The number of nitrogens with zero attached hydrogens (tertiary/aromatic N) is 2. The number of aromatic nitrogens is 2. The van der Waals surface area contributed by atoms with Crippen LogP contribution in [0, 0.1) is 11.8 Å². The van der Waals surface area contributed by atoms with Crippen molar-refractivity contribution < 1.29 is 4.79 Å². The van der Waals surface area contributed by atoms with E-state index in [1.54, 1.807) is 10.9 Å². The first-order valence-electron chi connectivity index (χ1n) is 5.74. The van der Waals surface area contributed by atoms with E-state index in [1.165, 1.54) is 0 Å². The molecule has 2 unspecified atom stereocenters. The van der Waals surface area contributed by atoms with Crippen LogP contribution in [-0.4, -0.2) is 28.8 Å². The molecule has 0 saturated carbocycles. The molecular weight excluding hydrogens is 204 g/mol. The van der Waals surface area contributed by atoms with Crippen LogP contribution in [0.5, 0.6) is 0 Å². The molecule has 2 atom stereocenters. The predicted molar refractivity (Wildman–Crippen MR) is 62.1 cm³/mol. The number of hydrogen-bond donors (Lipinski definition) is 2. The van der Waals surface area contributed by atoms with Gasteiger partial charge in [0.1, 0.15) is 0 Å². The van der Waals surface area contributed by atoms with Crippen molar-refractivity contribution in [2.45, 2.75) is 20.4 Å². The highest BCUT2D eigenvalue weighted by Gasteiger charge is 2.29. The molecule has 0 radical (unpaired) electrons. The van der Waals surface area contributed by atoms with Crippen LogP contribution < -0.4 is 10.6 Å². The van der Waals surface area contributed by atoms with Gasteiger partial charge in [-0.1, -0.05) is 6.92 Å². The van der Waals surface area contributed by atoms with Gasteiger partial charge in [0.25, 0.3) is 0 Å². The van der Waals surface area contributed by atoms with Gasteiger partial charge in [0, 0.05) is 19.3 Å². The Labute approximate surface area is 95.2 Å². The summed E-state index contributed by atoms with van der Waals surface area (Å²) in [6.45, 7) is 6.62. The summed E-state index contributed by atoms with van der Waals surface area (Å²) in [5, 5.41) is 10.2. The van der Waals surface area contributed by atoms with E-state index in [0.29, 0.717) is 5.92 Å². The number of amides is 1. The van der Waals surface area contributed by atoms with Crippen molar-refractivity contribution in [1.29, 1.82) is 0 Å². The number of aryl methyl sites for hydroxylation is 1. The van der Waals surface area contributed by atoms with Crippen LogP contribution >= 0.6 is 0 Å². The Morgan fingerprint density at radius 1 is 1.69 bits per heavy atom. The number of nitrogens with one attached hydrogen (secondary N) is 2. The van der Waals surface area contributed by atoms with Crippen molar-refractivity contribution in [2.24, 2.45) is 11.8 Å². The highest BCUT2D eigenvalue weighted by atomic mass is 16.2. The smallest absolute Gasteiger partial charge is 0.229 e. The van der Waals surface area contributed by atoms with Crippen molar-refractivity contribution in [3.05, 3.63) is 12.4 Å². The summed E-state index contributed by atoms with van der Waals surface area (Å²) in [5.74, 6) is 0.569. The standard InChI is InChI=1S/C11H18N4O/c1-3-15-7-9(5-13-15)14-11(16)10-6-12-4-8(10)2/h5,7-8,10,12H,3-4,6H2,1-2H3,(H,14,16). The molecule has 1 aromatic heterocycles. The van der Waals surface area contributed by atoms with Gasteiger partial charge < -0.3 is 10.6 Å². The number of hydrogen-bond acceptors (Lipinski definition) is 3. The lowest BCUT2D eigenvalue weighted by atomic mass is 9.97. The zero-order chi connectivity index (χ0) is 11.5. The maximum absolute atomic E-state index is 11.9. The van der Waals surface area contributed by atoms with Crippen molar-refractivity contribution in [3.63, 3.8) is 0 Å². The number of anilines is 1. The molecule has 0 aromatic carbocycles. The zero-order valence-corrected chi connectivity index (χ0v) is 9.73. The Bertz CT molecular complexity index is 374. The van der Waals surface area contributed by atoms with Crippen LogP contribution in [-0.2, 0) is 11.3 Å². The van der Waals surface area contributed by atoms with E-state index < -0.39 is 0 Å². The lowest BCUT2D eigenvalue weighted by Crippen LogP contribution is -2.27. The van der Waals surface area contributed by atoms with Crippen LogP contribution in [0.2, 0.25) is 0 Å². The van der Waals surface area contributed by atoms with Gasteiger partial charge in [0.2, 0.25) is 5.91 Å². The molecule has 1 amide bonds. The predicted octanol–water partition coefficient (Wildman–Crippen LogP) is 0.697. The van der Waals surface area contributed by atoms with Crippen LogP contribution in [0.15, 0.2) is 12.4 Å². The molecule has 2 N–H and O–H groups in total. The van der Waals surface area contributed by atoms with Crippen molar-refractivity contribution in [2.75, 3.05) is 18.4 Å². The largest absolute Gasteiger partial charge is 0.323 e. The van der Waals surface area contributed by atoms with E-state index in [4.69, 9.17) is 0 Å². The van der Waals surface area contributed by atoms with E-state index in [9.17, 15) is 4.79 Å². The first-order valence-corrected chi connectivity index (χ1v) is 5.74. The fourth-order valence-electron chi connectivity index (χ4n) is 2.00. The minimum absolute atomic E-state index is 0.0741. The summed E-state index contributed by atoms with van der Waals surface area (Å²) in [6, 6.07) is 0. The molecule has 1 saturated heterocycles. The Morgan fingerprint density at radius 3 is 3.06 bits per heavy atom. The second-order valence-corrected chi connectivity index (χ2v) is 4.32. The molecular formula is C11H18N4O. The second kappa shape index (κ2) is 4.65. The molecule has 5 nitrogen and oxygen atoms in total. The van der Waals surface area contributed by atoms with Crippen LogP contribution in [0.4, 0.5) is 5.69 Å². The fourth-order valence-corrected chi connectivity index (χ4v) is 2.00. The third-order valence-corrected chi connectivity index (χ3v) is 3.08. The molecule has 0 aliphatic carbocycles. The zero-order valence-electron chi connectivity index (χ0n) is 9.73. The molecule has 2 heterocycles. The molecule has 0 spiro atoms. The second-order valence-electron chi connectivity index (χ2n) is 4.32. The van der Waals surface area contributed by atoms with Gasteiger partial charge in [0.15, 0.2) is 0 Å². The summed E-state index contributed by atoms with van der Waals surface area (Å²) in [4.78, 5) is 11.9. The third-order valence-electron chi connectivity index (χ3n) is 3.08. The molecule has 0 bridgehead atoms.